The van der Waals surface area contributed by atoms with Gasteiger partial charge in [-0.3, -0.25) is 9.59 Å². The van der Waals surface area contributed by atoms with E-state index >= 15 is 0 Å². The average Bonchev–Trinajstić information content (AvgIpc) is 2.57. The van der Waals surface area contributed by atoms with Crippen molar-refractivity contribution in [3.05, 3.63) is 0 Å². The van der Waals surface area contributed by atoms with Crippen molar-refractivity contribution in [1.29, 1.82) is 0 Å². The third kappa shape index (κ3) is 14.0. The molecule has 0 aliphatic carbocycles. The number of carbonyl (C=O) groups is 2. The summed E-state index contributed by atoms with van der Waals surface area (Å²) in [5.41, 5.74) is 0. The minimum atomic E-state index is -1.19. The number of hydrogen-bond acceptors (Lipinski definition) is 3. The number of Topliss-reactive ketones (excluding diaryl/α,β-unsaturated/α-hetero) is 1. The van der Waals surface area contributed by atoms with Crippen LogP contribution in [0.25, 0.3) is 0 Å². The van der Waals surface area contributed by atoms with Gasteiger partial charge in [0.05, 0.1) is 0 Å². The Balaban J connectivity index is 3.43. The molecule has 0 heterocycles. The van der Waals surface area contributed by atoms with Crippen LogP contribution in [0.2, 0.25) is 0 Å². The molecular weight excluding hydrogens is 316 g/mol. The van der Waals surface area contributed by atoms with Crippen LogP contribution in [-0.2, 0) is 9.59 Å². The number of unbranched alkanes of at least 4 members (excludes halogenated alkanes) is 13. The smallest absolute Gasteiger partial charge is 0.314 e. The SMILES string of the molecule is CCCCCCCCCCCCCCCCC(C(=O)O)C(=O)C(C)O. The molecule has 0 aromatic carbocycles. The number of carbonyl (C=O) groups excluding carboxylic acids is 1. The van der Waals surface area contributed by atoms with Crippen LogP contribution in [0, 0.1) is 5.92 Å². The zero-order valence-corrected chi connectivity index (χ0v) is 16.5. The Morgan fingerprint density at radius 2 is 1.08 bits per heavy atom. The zero-order chi connectivity index (χ0) is 18.9. The Kier molecular flexibility index (Phi) is 16.0. The van der Waals surface area contributed by atoms with Crippen molar-refractivity contribution in [2.45, 2.75) is 116 Å². The van der Waals surface area contributed by atoms with Crippen LogP contribution in [0.1, 0.15) is 110 Å². The molecule has 25 heavy (non-hydrogen) atoms. The standard InChI is InChI=1S/C21H40O4/c1-3-4-5-6-7-8-9-10-11-12-13-14-15-16-17-19(21(24)25)20(23)18(2)22/h18-19,22H,3-17H2,1-2H3,(H,24,25). The fourth-order valence-electron chi connectivity index (χ4n) is 3.22. The predicted octanol–water partition coefficient (Wildman–Crippen LogP) is 5.51. The highest BCUT2D eigenvalue weighted by Crippen LogP contribution is 2.16. The van der Waals surface area contributed by atoms with E-state index in [1.165, 1.54) is 77.6 Å². The first-order valence-electron chi connectivity index (χ1n) is 10.4. The number of carboxylic acids is 1. The molecule has 0 fully saturated rings. The number of hydrogen-bond donors (Lipinski definition) is 2. The molecule has 2 atom stereocenters. The molecule has 0 aliphatic rings. The molecule has 2 N–H and O–H groups in total. The monoisotopic (exact) mass is 356 g/mol. The molecule has 0 rings (SSSR count). The van der Waals surface area contributed by atoms with Crippen LogP contribution in [0.4, 0.5) is 0 Å². The molecule has 2 unspecified atom stereocenters. The molecular formula is C21H40O4. The first-order valence-corrected chi connectivity index (χ1v) is 10.4. The largest absolute Gasteiger partial charge is 0.481 e. The Bertz CT molecular complexity index is 339. The minimum absolute atomic E-state index is 0.344. The maximum absolute atomic E-state index is 11.6. The predicted molar refractivity (Wildman–Crippen MR) is 103 cm³/mol. The maximum atomic E-state index is 11.6. The number of ketones is 1. The quantitative estimate of drug-likeness (QED) is 0.251. The minimum Gasteiger partial charge on any atom is -0.481 e. The van der Waals surface area contributed by atoms with E-state index in [9.17, 15) is 14.7 Å². The van der Waals surface area contributed by atoms with Gasteiger partial charge in [-0.05, 0) is 13.3 Å². The lowest BCUT2D eigenvalue weighted by molar-refractivity contribution is -0.149. The number of aliphatic hydroxyl groups excluding tert-OH is 1. The fraction of sp³-hybridized carbons (Fsp3) is 0.905. The van der Waals surface area contributed by atoms with Gasteiger partial charge in [0.1, 0.15) is 12.0 Å². The first kappa shape index (κ1) is 24.1. The van der Waals surface area contributed by atoms with Gasteiger partial charge in [-0.1, -0.05) is 96.8 Å². The summed E-state index contributed by atoms with van der Waals surface area (Å²) >= 11 is 0. The number of aliphatic hydroxyl groups is 1. The van der Waals surface area contributed by atoms with Gasteiger partial charge in [-0.2, -0.15) is 0 Å². The summed E-state index contributed by atoms with van der Waals surface area (Å²) in [6.07, 6.45) is 16.6. The van der Waals surface area contributed by atoms with Gasteiger partial charge < -0.3 is 10.2 Å². The van der Waals surface area contributed by atoms with Crippen molar-refractivity contribution < 1.29 is 19.8 Å². The molecule has 0 saturated heterocycles. The number of aliphatic carboxylic acids is 1. The van der Waals surface area contributed by atoms with E-state index in [0.717, 1.165) is 19.3 Å². The topological polar surface area (TPSA) is 74.6 Å². The van der Waals surface area contributed by atoms with Crippen LogP contribution in [0.15, 0.2) is 0 Å². The fourth-order valence-corrected chi connectivity index (χ4v) is 3.22. The summed E-state index contributed by atoms with van der Waals surface area (Å²) in [5, 5.41) is 18.3. The van der Waals surface area contributed by atoms with E-state index in [0.29, 0.717) is 6.42 Å². The van der Waals surface area contributed by atoms with Crippen molar-refractivity contribution in [3.8, 4) is 0 Å². The summed E-state index contributed by atoms with van der Waals surface area (Å²) in [6.45, 7) is 3.59. The summed E-state index contributed by atoms with van der Waals surface area (Å²) in [4.78, 5) is 22.7. The Morgan fingerprint density at radius 3 is 1.40 bits per heavy atom. The highest BCUT2D eigenvalue weighted by Gasteiger charge is 2.28. The summed E-state index contributed by atoms with van der Waals surface area (Å²) in [6, 6.07) is 0. The number of carboxylic acid groups (broad SMARTS) is 1. The van der Waals surface area contributed by atoms with E-state index < -0.39 is 23.8 Å². The van der Waals surface area contributed by atoms with E-state index in [1.807, 2.05) is 0 Å². The summed E-state index contributed by atoms with van der Waals surface area (Å²) in [5.74, 6) is -2.72. The average molecular weight is 357 g/mol. The van der Waals surface area contributed by atoms with Gasteiger partial charge in [-0.15, -0.1) is 0 Å². The van der Waals surface area contributed by atoms with E-state index in [4.69, 9.17) is 5.11 Å². The molecule has 0 spiro atoms. The van der Waals surface area contributed by atoms with Gasteiger partial charge >= 0.3 is 5.97 Å². The Morgan fingerprint density at radius 1 is 0.720 bits per heavy atom. The van der Waals surface area contributed by atoms with Crippen molar-refractivity contribution in [2.24, 2.45) is 5.92 Å². The van der Waals surface area contributed by atoms with Gasteiger partial charge in [0.15, 0.2) is 5.78 Å². The Hall–Kier alpha value is -0.900. The van der Waals surface area contributed by atoms with E-state index in [1.54, 1.807) is 0 Å². The molecule has 4 heteroatoms. The van der Waals surface area contributed by atoms with Gasteiger partial charge in [0.2, 0.25) is 0 Å². The summed E-state index contributed by atoms with van der Waals surface area (Å²) < 4.78 is 0. The molecule has 0 saturated carbocycles. The second kappa shape index (κ2) is 16.6. The van der Waals surface area contributed by atoms with Crippen molar-refractivity contribution in [1.82, 2.24) is 0 Å². The summed E-state index contributed by atoms with van der Waals surface area (Å²) in [7, 11) is 0. The van der Waals surface area contributed by atoms with Crippen molar-refractivity contribution in [3.63, 3.8) is 0 Å². The Labute approximate surface area is 154 Å². The molecule has 0 aromatic rings. The van der Waals surface area contributed by atoms with E-state index in [-0.39, 0.29) is 0 Å². The third-order valence-electron chi connectivity index (χ3n) is 4.90. The van der Waals surface area contributed by atoms with Crippen molar-refractivity contribution >= 4 is 11.8 Å². The maximum Gasteiger partial charge on any atom is 0.314 e. The first-order chi connectivity index (χ1) is 12.0. The van der Waals surface area contributed by atoms with E-state index in [2.05, 4.69) is 6.92 Å². The van der Waals surface area contributed by atoms with Crippen LogP contribution >= 0.6 is 0 Å². The van der Waals surface area contributed by atoms with Crippen molar-refractivity contribution in [2.75, 3.05) is 0 Å². The van der Waals surface area contributed by atoms with Gasteiger partial charge in [-0.25, -0.2) is 0 Å². The number of rotatable bonds is 18. The normalized spacial score (nSPS) is 13.6. The highest BCUT2D eigenvalue weighted by molar-refractivity contribution is 6.00. The lowest BCUT2D eigenvalue weighted by Crippen LogP contribution is -2.31. The second-order valence-corrected chi connectivity index (χ2v) is 7.35. The highest BCUT2D eigenvalue weighted by atomic mass is 16.4. The lowest BCUT2D eigenvalue weighted by atomic mass is 9.94. The van der Waals surface area contributed by atoms with Crippen LogP contribution in [0.3, 0.4) is 0 Å². The molecule has 0 amide bonds. The molecule has 0 radical (unpaired) electrons. The molecule has 4 nitrogen and oxygen atoms in total. The van der Waals surface area contributed by atoms with Crippen LogP contribution in [0.5, 0.6) is 0 Å². The molecule has 148 valence electrons. The lowest BCUT2D eigenvalue weighted by Gasteiger charge is -2.12. The van der Waals surface area contributed by atoms with Gasteiger partial charge in [0, 0.05) is 0 Å². The molecule has 0 aliphatic heterocycles. The second-order valence-electron chi connectivity index (χ2n) is 7.35. The van der Waals surface area contributed by atoms with Gasteiger partial charge in [0.25, 0.3) is 0 Å². The van der Waals surface area contributed by atoms with Crippen LogP contribution < -0.4 is 0 Å². The molecule has 0 bridgehead atoms. The molecule has 0 aromatic heterocycles. The zero-order valence-electron chi connectivity index (χ0n) is 16.5. The van der Waals surface area contributed by atoms with Crippen LogP contribution in [-0.4, -0.2) is 28.1 Å². The third-order valence-corrected chi connectivity index (χ3v) is 4.90.